The summed E-state index contributed by atoms with van der Waals surface area (Å²) in [7, 11) is 0. The van der Waals surface area contributed by atoms with Gasteiger partial charge in [-0.1, -0.05) is 41.9 Å². The first-order valence-corrected chi connectivity index (χ1v) is 13.8. The van der Waals surface area contributed by atoms with Gasteiger partial charge in [-0.05, 0) is 54.6 Å². The number of morpholine rings is 1. The fraction of sp³-hybridized carbons (Fsp3) is 0.208. The first-order chi connectivity index (χ1) is 16.5. The quantitative estimate of drug-likeness (QED) is 0.372. The number of fused-ring (bicyclic) bond motifs is 1. The molecule has 172 valence electrons. The Morgan fingerprint density at radius 1 is 1.15 bits per heavy atom. The summed E-state index contributed by atoms with van der Waals surface area (Å²) in [4.78, 5) is 4.80. The number of hydrogen-bond donors (Lipinski definition) is 0. The van der Waals surface area contributed by atoms with Crippen LogP contribution in [-0.4, -0.2) is 46.7 Å². The Balaban J connectivity index is 1.69. The maximum atomic E-state index is 10.0. The van der Waals surface area contributed by atoms with Crippen LogP contribution >= 0.6 is 18.0 Å². The number of ether oxygens (including phenoxy) is 1. The van der Waals surface area contributed by atoms with Crippen LogP contribution in [0.15, 0.2) is 65.2 Å². The zero-order valence-electron chi connectivity index (χ0n) is 18.4. The smallest absolute Gasteiger partial charge is 0.238 e. The molecule has 1 aromatic heterocycles. The Hall–Kier alpha value is -2.79. The standard InChI is InChI=1S/C24H21ClN5O2PS/c1-17-22-23(30(28-17)21-5-3-2-4-6-21)27-24(32-33(22,34)29-11-13-31-14-12-29)19(16-26)15-18-7-9-20(25)10-8-18/h2-10,15H,11-14H2,1H3/b19-15+. The van der Waals surface area contributed by atoms with Crippen molar-refractivity contribution in [3.8, 4) is 11.8 Å². The molecule has 1 fully saturated rings. The third-order valence-corrected chi connectivity index (χ3v) is 9.97. The highest BCUT2D eigenvalue weighted by Crippen LogP contribution is 2.56. The molecule has 10 heteroatoms. The first-order valence-electron chi connectivity index (χ1n) is 10.7. The molecule has 1 unspecified atom stereocenters. The van der Waals surface area contributed by atoms with Crippen molar-refractivity contribution in [2.24, 2.45) is 4.99 Å². The molecule has 0 bridgehead atoms. The van der Waals surface area contributed by atoms with E-state index < -0.39 is 6.42 Å². The van der Waals surface area contributed by atoms with Crippen LogP contribution in [-0.2, 0) is 21.1 Å². The Morgan fingerprint density at radius 2 is 1.85 bits per heavy atom. The number of nitrogens with zero attached hydrogens (tertiary/aromatic N) is 5. The van der Waals surface area contributed by atoms with Crippen molar-refractivity contribution in [3.63, 3.8) is 0 Å². The lowest BCUT2D eigenvalue weighted by molar-refractivity contribution is 0.0723. The van der Waals surface area contributed by atoms with Gasteiger partial charge in [0.1, 0.15) is 16.9 Å². The van der Waals surface area contributed by atoms with Gasteiger partial charge in [0, 0.05) is 18.1 Å². The minimum atomic E-state index is -2.79. The van der Waals surface area contributed by atoms with E-state index in [4.69, 9.17) is 42.8 Å². The lowest BCUT2D eigenvalue weighted by atomic mass is 10.1. The maximum absolute atomic E-state index is 10.0. The van der Waals surface area contributed by atoms with Crippen molar-refractivity contribution < 1.29 is 9.26 Å². The van der Waals surface area contributed by atoms with Crippen molar-refractivity contribution >= 4 is 52.9 Å². The summed E-state index contributed by atoms with van der Waals surface area (Å²) in [6.07, 6.45) is -1.06. The van der Waals surface area contributed by atoms with E-state index in [1.165, 1.54) is 0 Å². The monoisotopic (exact) mass is 509 g/mol. The minimum absolute atomic E-state index is 0.205. The van der Waals surface area contributed by atoms with Gasteiger partial charge in [0.15, 0.2) is 5.82 Å². The van der Waals surface area contributed by atoms with Gasteiger partial charge in [-0.3, -0.25) is 0 Å². The van der Waals surface area contributed by atoms with Crippen molar-refractivity contribution in [2.45, 2.75) is 6.92 Å². The minimum Gasteiger partial charge on any atom is -0.430 e. The molecule has 0 radical (unpaired) electrons. The molecule has 0 N–H and O–H groups in total. The highest BCUT2D eigenvalue weighted by molar-refractivity contribution is 8.15. The summed E-state index contributed by atoms with van der Waals surface area (Å²) in [6, 6.07) is 19.2. The van der Waals surface area contributed by atoms with Crippen LogP contribution in [0.5, 0.6) is 0 Å². The van der Waals surface area contributed by atoms with E-state index in [0.29, 0.717) is 37.1 Å². The number of nitriles is 1. The topological polar surface area (TPSA) is 75.7 Å². The molecule has 0 amide bonds. The number of benzene rings is 2. The highest BCUT2D eigenvalue weighted by atomic mass is 35.5. The summed E-state index contributed by atoms with van der Waals surface area (Å²) >= 11 is 12.3. The largest absolute Gasteiger partial charge is 0.430 e. The third-order valence-electron chi connectivity index (χ3n) is 5.60. The molecule has 3 aromatic rings. The molecule has 0 aliphatic carbocycles. The van der Waals surface area contributed by atoms with Crippen LogP contribution in [0.1, 0.15) is 11.3 Å². The zero-order chi connectivity index (χ0) is 23.7. The molecule has 34 heavy (non-hydrogen) atoms. The molecule has 0 spiro atoms. The second kappa shape index (κ2) is 9.46. The van der Waals surface area contributed by atoms with E-state index in [1.807, 2.05) is 49.4 Å². The molecule has 2 aliphatic rings. The van der Waals surface area contributed by atoms with Gasteiger partial charge in [0.2, 0.25) is 12.3 Å². The number of aromatic nitrogens is 2. The fourth-order valence-corrected chi connectivity index (χ4v) is 7.83. The van der Waals surface area contributed by atoms with E-state index in [1.54, 1.807) is 22.9 Å². The van der Waals surface area contributed by atoms with Crippen molar-refractivity contribution in [1.29, 1.82) is 5.26 Å². The van der Waals surface area contributed by atoms with Crippen molar-refractivity contribution in [3.05, 3.63) is 76.5 Å². The van der Waals surface area contributed by atoms with E-state index in [0.717, 1.165) is 22.2 Å². The predicted molar refractivity (Wildman–Crippen MR) is 138 cm³/mol. The molecule has 7 nitrogen and oxygen atoms in total. The highest BCUT2D eigenvalue weighted by Gasteiger charge is 2.42. The average molecular weight is 510 g/mol. The van der Waals surface area contributed by atoms with Gasteiger partial charge in [-0.25, -0.2) is 9.35 Å². The van der Waals surface area contributed by atoms with Crippen LogP contribution in [0.3, 0.4) is 0 Å². The van der Waals surface area contributed by atoms with Gasteiger partial charge in [-0.2, -0.15) is 15.4 Å². The summed E-state index contributed by atoms with van der Waals surface area (Å²) in [6.45, 7) is 4.35. The lowest BCUT2D eigenvalue weighted by Crippen LogP contribution is -2.39. The number of para-hydroxylation sites is 1. The molecule has 5 rings (SSSR count). The number of aliphatic imine (C=N–C) groups is 1. The molecule has 3 heterocycles. The van der Waals surface area contributed by atoms with Gasteiger partial charge in [0.25, 0.3) is 0 Å². The normalized spacial score (nSPS) is 20.7. The molecule has 2 aromatic carbocycles. The average Bonchev–Trinajstić information content (AvgIpc) is 3.21. The molecular weight excluding hydrogens is 489 g/mol. The Bertz CT molecular complexity index is 1370. The second-order valence-corrected chi connectivity index (χ2v) is 12.0. The van der Waals surface area contributed by atoms with E-state index >= 15 is 0 Å². The van der Waals surface area contributed by atoms with Crippen LogP contribution < -0.4 is 5.30 Å². The van der Waals surface area contributed by atoms with Gasteiger partial charge in [-0.15, -0.1) is 0 Å². The fourth-order valence-electron chi connectivity index (χ4n) is 3.96. The summed E-state index contributed by atoms with van der Waals surface area (Å²) in [5.41, 5.74) is 2.73. The van der Waals surface area contributed by atoms with Crippen LogP contribution in [0.2, 0.25) is 5.02 Å². The molecular formula is C24H21ClN5O2PS. The van der Waals surface area contributed by atoms with Crippen molar-refractivity contribution in [1.82, 2.24) is 14.5 Å². The molecule has 2 aliphatic heterocycles. The van der Waals surface area contributed by atoms with E-state index in [2.05, 4.69) is 10.7 Å². The zero-order valence-corrected chi connectivity index (χ0v) is 20.9. The maximum Gasteiger partial charge on any atom is 0.238 e. The Morgan fingerprint density at radius 3 is 2.53 bits per heavy atom. The van der Waals surface area contributed by atoms with Crippen LogP contribution in [0.25, 0.3) is 11.8 Å². The van der Waals surface area contributed by atoms with Gasteiger partial charge >= 0.3 is 0 Å². The number of hydrogen-bond acceptors (Lipinski definition) is 6. The van der Waals surface area contributed by atoms with Gasteiger partial charge < -0.3 is 9.26 Å². The summed E-state index contributed by atoms with van der Waals surface area (Å²) in [5, 5.41) is 16.3. The summed E-state index contributed by atoms with van der Waals surface area (Å²) < 4.78 is 16.0. The Kier molecular flexibility index (Phi) is 6.39. The number of aryl methyl sites for hydroxylation is 1. The summed E-state index contributed by atoms with van der Waals surface area (Å²) in [5.74, 6) is 0.814. The molecule has 1 atom stereocenters. The molecule has 0 saturated carbocycles. The Labute approximate surface area is 208 Å². The van der Waals surface area contributed by atoms with Crippen molar-refractivity contribution in [2.75, 3.05) is 26.3 Å². The molecule has 1 saturated heterocycles. The number of halogens is 1. The third kappa shape index (κ3) is 4.22. The SMILES string of the molecule is Cc1nn(-c2ccccc2)c2c1P(=S)(N1CCOCC1)OC(/C(C#N)=C/c1ccc(Cl)cc1)=N2. The first kappa shape index (κ1) is 23.0. The number of rotatable bonds is 4. The lowest BCUT2D eigenvalue weighted by Gasteiger charge is -2.38. The van der Waals surface area contributed by atoms with E-state index in [9.17, 15) is 5.26 Å². The second-order valence-electron chi connectivity index (χ2n) is 7.82. The predicted octanol–water partition coefficient (Wildman–Crippen LogP) is 4.77. The van der Waals surface area contributed by atoms with Crippen LogP contribution in [0.4, 0.5) is 5.82 Å². The van der Waals surface area contributed by atoms with Crippen LogP contribution in [0, 0.1) is 18.3 Å². The van der Waals surface area contributed by atoms with E-state index in [-0.39, 0.29) is 11.5 Å². The van der Waals surface area contributed by atoms with Gasteiger partial charge in [0.05, 0.1) is 24.6 Å².